The average molecular weight is 614 g/mol. The lowest BCUT2D eigenvalue weighted by Gasteiger charge is -2.25. The van der Waals surface area contributed by atoms with Crippen LogP contribution in [0, 0.1) is 12.3 Å². The number of allylic oxidation sites excluding steroid dienone is 1. The maximum atomic E-state index is 14.1. The van der Waals surface area contributed by atoms with E-state index < -0.39 is 6.04 Å². The molecule has 8 nitrogen and oxygen atoms in total. The van der Waals surface area contributed by atoms with Gasteiger partial charge >= 0.3 is 0 Å². The number of para-hydroxylation sites is 1. The Morgan fingerprint density at radius 3 is 2.58 bits per heavy atom. The van der Waals surface area contributed by atoms with Crippen molar-refractivity contribution in [3.8, 4) is 29.6 Å². The minimum absolute atomic E-state index is 0.0304. The molecule has 0 saturated heterocycles. The molecule has 1 aromatic heterocycles. The molecule has 1 aliphatic heterocycles. The molecule has 0 radical (unpaired) electrons. The molecule has 1 atom stereocenters. The van der Waals surface area contributed by atoms with E-state index in [1.807, 2.05) is 37.3 Å². The number of methoxy groups -OCH3 is 1. The molecule has 0 bridgehead atoms. The molecule has 1 N–H and O–H groups in total. The van der Waals surface area contributed by atoms with E-state index in [9.17, 15) is 9.59 Å². The zero-order chi connectivity index (χ0) is 30.5. The van der Waals surface area contributed by atoms with Crippen LogP contribution in [0.3, 0.4) is 0 Å². The van der Waals surface area contributed by atoms with Gasteiger partial charge in [-0.1, -0.05) is 59.2 Å². The van der Waals surface area contributed by atoms with Gasteiger partial charge in [0.05, 0.1) is 40.6 Å². The van der Waals surface area contributed by atoms with Gasteiger partial charge < -0.3 is 19.5 Å². The van der Waals surface area contributed by atoms with Crippen molar-refractivity contribution in [2.45, 2.75) is 19.9 Å². The third-order valence-electron chi connectivity index (χ3n) is 6.66. The number of aromatic nitrogens is 1. The predicted octanol–water partition coefficient (Wildman–Crippen LogP) is 4.95. The van der Waals surface area contributed by atoms with E-state index in [0.717, 1.165) is 5.56 Å². The summed E-state index contributed by atoms with van der Waals surface area (Å²) >= 11 is 7.75. The zero-order valence-electron chi connectivity index (χ0n) is 23.7. The first-order valence-corrected chi connectivity index (χ1v) is 14.6. The highest BCUT2D eigenvalue weighted by molar-refractivity contribution is 7.07. The Hall–Kier alpha value is -4.78. The summed E-state index contributed by atoms with van der Waals surface area (Å²) in [6, 6.07) is 19.1. The lowest BCUT2D eigenvalue weighted by molar-refractivity contribution is -0.113. The number of thiazole rings is 1. The second-order valence-electron chi connectivity index (χ2n) is 9.43. The number of benzene rings is 3. The van der Waals surface area contributed by atoms with Crippen molar-refractivity contribution in [1.82, 2.24) is 4.57 Å². The Kier molecular flexibility index (Phi) is 9.00. The molecule has 0 saturated carbocycles. The van der Waals surface area contributed by atoms with E-state index in [1.165, 1.54) is 11.3 Å². The quantitative estimate of drug-likeness (QED) is 0.270. The predicted molar refractivity (Wildman–Crippen MR) is 169 cm³/mol. The summed E-state index contributed by atoms with van der Waals surface area (Å²) < 4.78 is 18.6. The number of carbonyl (C=O) groups is 1. The molecule has 3 aromatic carbocycles. The van der Waals surface area contributed by atoms with Crippen LogP contribution in [0.5, 0.6) is 17.2 Å². The van der Waals surface area contributed by atoms with Crippen LogP contribution in [-0.4, -0.2) is 30.8 Å². The second-order valence-corrected chi connectivity index (χ2v) is 10.8. The minimum Gasteiger partial charge on any atom is -0.497 e. The lowest BCUT2D eigenvalue weighted by atomic mass is 9.95. The number of hydrogen-bond acceptors (Lipinski definition) is 7. The Morgan fingerprint density at radius 2 is 1.91 bits per heavy atom. The van der Waals surface area contributed by atoms with Crippen LogP contribution in [-0.2, 0) is 4.79 Å². The third-order valence-corrected chi connectivity index (χ3v) is 7.92. The van der Waals surface area contributed by atoms with Crippen molar-refractivity contribution in [1.29, 1.82) is 0 Å². The number of halogens is 1. The average Bonchev–Trinajstić information content (AvgIpc) is 3.30. The zero-order valence-corrected chi connectivity index (χ0v) is 25.3. The molecule has 0 aliphatic carbocycles. The fourth-order valence-electron chi connectivity index (χ4n) is 4.77. The Morgan fingerprint density at radius 1 is 1.16 bits per heavy atom. The highest BCUT2D eigenvalue weighted by Crippen LogP contribution is 2.37. The summed E-state index contributed by atoms with van der Waals surface area (Å²) in [6.45, 7) is 4.03. The van der Waals surface area contributed by atoms with Crippen molar-refractivity contribution >= 4 is 40.6 Å². The van der Waals surface area contributed by atoms with Gasteiger partial charge in [0.25, 0.3) is 11.5 Å². The number of ether oxygens (including phenoxy) is 3. The van der Waals surface area contributed by atoms with Gasteiger partial charge in [0.15, 0.2) is 16.3 Å². The minimum atomic E-state index is -0.727. The number of fused-ring (bicyclic) bond motifs is 1. The molecule has 1 amide bonds. The van der Waals surface area contributed by atoms with E-state index in [1.54, 1.807) is 61.1 Å². The summed E-state index contributed by atoms with van der Waals surface area (Å²) in [5.74, 6) is 3.48. The normalized spacial score (nSPS) is 14.4. The maximum absolute atomic E-state index is 14.1. The third kappa shape index (κ3) is 6.21. The number of anilines is 1. The van der Waals surface area contributed by atoms with E-state index in [0.29, 0.717) is 60.7 Å². The first kappa shape index (κ1) is 29.7. The van der Waals surface area contributed by atoms with Gasteiger partial charge in [-0.25, -0.2) is 4.99 Å². The van der Waals surface area contributed by atoms with Crippen LogP contribution in [0.15, 0.2) is 87.8 Å². The number of hydrogen-bond donors (Lipinski definition) is 1. The van der Waals surface area contributed by atoms with Crippen LogP contribution in [0.4, 0.5) is 5.69 Å². The SMILES string of the molecule is C#CCOc1c(Cl)cc(/C=c2/sc3n(c2=O)[C@H](c2ccc(OC)cc2)C(C(=O)Nc2ccccc2)=C(C)N=3)cc1OCC. The number of rotatable bonds is 9. The van der Waals surface area contributed by atoms with Gasteiger partial charge in [-0.15, -0.1) is 6.42 Å². The Labute approximate surface area is 257 Å². The Bertz CT molecular complexity index is 1920. The van der Waals surface area contributed by atoms with E-state index in [2.05, 4.69) is 11.2 Å². The van der Waals surface area contributed by atoms with Gasteiger partial charge in [0.1, 0.15) is 12.4 Å². The number of nitrogens with one attached hydrogen (secondary N) is 1. The summed E-state index contributed by atoms with van der Waals surface area (Å²) in [4.78, 5) is 32.9. The number of nitrogens with zero attached hydrogens (tertiary/aromatic N) is 2. The van der Waals surface area contributed by atoms with Crippen molar-refractivity contribution in [2.75, 3.05) is 25.6 Å². The standard InChI is InChI=1S/C33H28ClN3O5S/c1-5-16-42-30-25(34)17-21(18-26(30)41-6-2)19-27-32(39)37-29(22-12-14-24(40-4)15-13-22)28(20(3)35-33(37)43-27)31(38)36-23-10-8-7-9-11-23/h1,7-15,17-19,29H,6,16H2,2-4H3,(H,36,38)/b27-19+/t29-/m1/s1. The second kappa shape index (κ2) is 13.0. The van der Waals surface area contributed by atoms with Crippen molar-refractivity contribution in [2.24, 2.45) is 4.99 Å². The van der Waals surface area contributed by atoms with E-state index >= 15 is 0 Å². The van der Waals surface area contributed by atoms with Gasteiger partial charge in [-0.3, -0.25) is 14.2 Å². The van der Waals surface area contributed by atoms with Crippen LogP contribution >= 0.6 is 22.9 Å². The molecule has 1 aliphatic rings. The first-order valence-electron chi connectivity index (χ1n) is 13.4. The molecule has 0 spiro atoms. The van der Waals surface area contributed by atoms with Crippen molar-refractivity contribution in [3.63, 3.8) is 0 Å². The molecule has 5 rings (SSSR count). The van der Waals surface area contributed by atoms with Crippen LogP contribution in [0.25, 0.3) is 6.08 Å². The summed E-state index contributed by atoms with van der Waals surface area (Å²) in [5, 5.41) is 3.25. The summed E-state index contributed by atoms with van der Waals surface area (Å²) in [6.07, 6.45) is 7.07. The van der Waals surface area contributed by atoms with Gasteiger partial charge in [0.2, 0.25) is 0 Å². The maximum Gasteiger partial charge on any atom is 0.271 e. The summed E-state index contributed by atoms with van der Waals surface area (Å²) in [5.41, 5.74) is 2.57. The molecular weight excluding hydrogens is 586 g/mol. The molecule has 10 heteroatoms. The highest BCUT2D eigenvalue weighted by Gasteiger charge is 2.32. The fraction of sp³-hybridized carbons (Fsp3) is 0.182. The number of amides is 1. The summed E-state index contributed by atoms with van der Waals surface area (Å²) in [7, 11) is 1.58. The number of carbonyl (C=O) groups excluding carboxylic acids is 1. The molecule has 218 valence electrons. The molecular formula is C33H28ClN3O5S. The molecule has 0 unspecified atom stereocenters. The van der Waals surface area contributed by atoms with Gasteiger partial charge in [-0.05, 0) is 67.4 Å². The van der Waals surface area contributed by atoms with Crippen LogP contribution in [0.1, 0.15) is 31.0 Å². The van der Waals surface area contributed by atoms with Crippen LogP contribution < -0.4 is 34.4 Å². The van der Waals surface area contributed by atoms with E-state index in [4.69, 9.17) is 37.2 Å². The first-order chi connectivity index (χ1) is 20.8. The molecule has 43 heavy (non-hydrogen) atoms. The van der Waals surface area contributed by atoms with E-state index in [-0.39, 0.29) is 18.1 Å². The highest BCUT2D eigenvalue weighted by atomic mass is 35.5. The largest absolute Gasteiger partial charge is 0.497 e. The Balaban J connectivity index is 1.64. The fourth-order valence-corrected chi connectivity index (χ4v) is 6.09. The van der Waals surface area contributed by atoms with Crippen molar-refractivity contribution in [3.05, 3.63) is 114 Å². The van der Waals surface area contributed by atoms with Gasteiger partial charge in [-0.2, -0.15) is 0 Å². The molecule has 4 aromatic rings. The van der Waals surface area contributed by atoms with Crippen molar-refractivity contribution < 1.29 is 19.0 Å². The number of terminal acetylenes is 1. The lowest BCUT2D eigenvalue weighted by Crippen LogP contribution is -2.40. The molecule has 2 heterocycles. The van der Waals surface area contributed by atoms with Crippen LogP contribution in [0.2, 0.25) is 5.02 Å². The smallest absolute Gasteiger partial charge is 0.271 e. The topological polar surface area (TPSA) is 91.2 Å². The monoisotopic (exact) mass is 613 g/mol. The van der Waals surface area contributed by atoms with Gasteiger partial charge in [0, 0.05) is 5.69 Å². The molecule has 0 fully saturated rings.